The van der Waals surface area contributed by atoms with Gasteiger partial charge in [0.15, 0.2) is 11.4 Å². The lowest BCUT2D eigenvalue weighted by molar-refractivity contribution is 0.588. The van der Waals surface area contributed by atoms with Crippen LogP contribution in [0.15, 0.2) is 30.9 Å². The lowest BCUT2D eigenvalue weighted by Gasteiger charge is -2.17. The summed E-state index contributed by atoms with van der Waals surface area (Å²) in [7, 11) is 0. The highest BCUT2D eigenvalue weighted by Gasteiger charge is 2.18. The van der Waals surface area contributed by atoms with Crippen LogP contribution >= 0.6 is 0 Å². The summed E-state index contributed by atoms with van der Waals surface area (Å²) in [6.07, 6.45) is 4.79. The molecule has 2 N–H and O–H groups in total. The maximum absolute atomic E-state index is 9.10. The Bertz CT molecular complexity index is 616. The van der Waals surface area contributed by atoms with E-state index in [9.17, 15) is 0 Å². The molecule has 0 radical (unpaired) electrons. The van der Waals surface area contributed by atoms with Crippen LogP contribution in [0.25, 0.3) is 0 Å². The number of hydrogen-bond donors (Lipinski definition) is 1. The van der Waals surface area contributed by atoms with E-state index < -0.39 is 0 Å². The molecule has 0 spiro atoms. The predicted octanol–water partition coefficient (Wildman–Crippen LogP) is 0.570. The first-order chi connectivity index (χ1) is 8.81. The van der Waals surface area contributed by atoms with E-state index in [0.29, 0.717) is 6.54 Å². The summed E-state index contributed by atoms with van der Waals surface area (Å²) in [5.74, 6) is 0. The molecular weight excluding hydrogens is 228 g/mol. The highest BCUT2D eigenvalue weighted by Crippen LogP contribution is 2.19. The molecule has 1 unspecified atom stereocenters. The molecule has 1 atom stereocenters. The zero-order chi connectivity index (χ0) is 13.0. The number of hydrogen-bond acceptors (Lipinski definition) is 5. The van der Waals surface area contributed by atoms with Gasteiger partial charge in [0, 0.05) is 18.9 Å². The van der Waals surface area contributed by atoms with Crippen LogP contribution in [0.4, 0.5) is 0 Å². The van der Waals surface area contributed by atoms with Crippen molar-refractivity contribution in [1.29, 1.82) is 10.5 Å². The third-order valence-electron chi connectivity index (χ3n) is 2.66. The quantitative estimate of drug-likeness (QED) is 0.841. The van der Waals surface area contributed by atoms with E-state index in [1.165, 1.54) is 6.33 Å². The Morgan fingerprint density at radius 3 is 2.56 bits per heavy atom. The SMILES string of the molecule is N#Cc1ncn(C(CN)c2ccncc2)c1C#N. The molecular formula is C12H10N6. The van der Waals surface area contributed by atoms with Gasteiger partial charge >= 0.3 is 0 Å². The topological polar surface area (TPSA) is 104 Å². The number of rotatable bonds is 3. The molecule has 0 amide bonds. The van der Waals surface area contributed by atoms with E-state index in [1.54, 1.807) is 17.0 Å². The van der Waals surface area contributed by atoms with Crippen LogP contribution in [0.1, 0.15) is 23.0 Å². The van der Waals surface area contributed by atoms with Crippen LogP contribution in [0.5, 0.6) is 0 Å². The van der Waals surface area contributed by atoms with Crippen LogP contribution in [0, 0.1) is 22.7 Å². The molecule has 0 aliphatic carbocycles. The first kappa shape index (κ1) is 11.8. The Hall–Kier alpha value is -2.70. The molecule has 0 aliphatic rings. The Kier molecular flexibility index (Phi) is 3.33. The van der Waals surface area contributed by atoms with Crippen molar-refractivity contribution < 1.29 is 0 Å². The summed E-state index contributed by atoms with van der Waals surface area (Å²) in [6.45, 7) is 0.305. The van der Waals surface area contributed by atoms with Gasteiger partial charge in [-0.05, 0) is 17.7 Å². The summed E-state index contributed by atoms with van der Waals surface area (Å²) >= 11 is 0. The van der Waals surface area contributed by atoms with Gasteiger partial charge in [0.1, 0.15) is 12.1 Å². The highest BCUT2D eigenvalue weighted by molar-refractivity contribution is 5.37. The van der Waals surface area contributed by atoms with Gasteiger partial charge in [-0.3, -0.25) is 4.98 Å². The van der Waals surface area contributed by atoms with E-state index in [4.69, 9.17) is 16.3 Å². The van der Waals surface area contributed by atoms with Crippen molar-refractivity contribution >= 4 is 0 Å². The number of nitrogens with zero attached hydrogens (tertiary/aromatic N) is 5. The fourth-order valence-corrected chi connectivity index (χ4v) is 1.79. The molecule has 2 aromatic heterocycles. The maximum Gasteiger partial charge on any atom is 0.176 e. The Labute approximate surface area is 104 Å². The zero-order valence-corrected chi connectivity index (χ0v) is 9.48. The molecule has 0 aromatic carbocycles. The minimum atomic E-state index is -0.225. The maximum atomic E-state index is 9.10. The summed E-state index contributed by atoms with van der Waals surface area (Å²) in [5, 5.41) is 18.0. The number of nitrogens with two attached hydrogens (primary N) is 1. The second kappa shape index (κ2) is 5.09. The molecule has 88 valence electrons. The monoisotopic (exact) mass is 238 g/mol. The van der Waals surface area contributed by atoms with Crippen LogP contribution in [0.3, 0.4) is 0 Å². The van der Waals surface area contributed by atoms with Crippen molar-refractivity contribution in [3.8, 4) is 12.1 Å². The molecule has 0 bridgehead atoms. The van der Waals surface area contributed by atoms with E-state index in [-0.39, 0.29) is 17.4 Å². The molecule has 0 aliphatic heterocycles. The standard InChI is InChI=1S/C12H10N6/c13-5-10-12(7-15)18(8-17-10)11(6-14)9-1-3-16-4-2-9/h1-4,8,11H,6,14H2. The zero-order valence-electron chi connectivity index (χ0n) is 9.48. The predicted molar refractivity (Wildman–Crippen MR) is 63.1 cm³/mol. The van der Waals surface area contributed by atoms with E-state index >= 15 is 0 Å². The van der Waals surface area contributed by atoms with Gasteiger partial charge in [0.25, 0.3) is 0 Å². The van der Waals surface area contributed by atoms with Crippen molar-refractivity contribution in [2.45, 2.75) is 6.04 Å². The summed E-state index contributed by atoms with van der Waals surface area (Å²) in [5.41, 5.74) is 7.01. The average Bonchev–Trinajstić information content (AvgIpc) is 2.83. The van der Waals surface area contributed by atoms with Crippen LogP contribution in [-0.4, -0.2) is 21.1 Å². The largest absolute Gasteiger partial charge is 0.328 e. The summed E-state index contributed by atoms with van der Waals surface area (Å²) in [6, 6.07) is 7.30. The normalized spacial score (nSPS) is 11.5. The fourth-order valence-electron chi connectivity index (χ4n) is 1.79. The Morgan fingerprint density at radius 2 is 2.00 bits per heavy atom. The first-order valence-electron chi connectivity index (χ1n) is 5.28. The molecule has 0 fully saturated rings. The van der Waals surface area contributed by atoms with E-state index in [0.717, 1.165) is 5.56 Å². The highest BCUT2D eigenvalue weighted by atomic mass is 15.1. The molecule has 6 nitrogen and oxygen atoms in total. The van der Waals surface area contributed by atoms with Gasteiger partial charge in [-0.15, -0.1) is 0 Å². The van der Waals surface area contributed by atoms with Crippen LogP contribution in [-0.2, 0) is 0 Å². The number of nitriles is 2. The second-order valence-electron chi connectivity index (χ2n) is 3.60. The third-order valence-corrected chi connectivity index (χ3v) is 2.66. The van der Waals surface area contributed by atoms with Crippen molar-refractivity contribution in [2.24, 2.45) is 5.73 Å². The minimum absolute atomic E-state index is 0.116. The van der Waals surface area contributed by atoms with Gasteiger partial charge < -0.3 is 10.3 Å². The molecule has 0 saturated carbocycles. The first-order valence-corrected chi connectivity index (χ1v) is 5.28. The minimum Gasteiger partial charge on any atom is -0.328 e. The second-order valence-corrected chi connectivity index (χ2v) is 3.60. The van der Waals surface area contributed by atoms with E-state index in [2.05, 4.69) is 9.97 Å². The van der Waals surface area contributed by atoms with Gasteiger partial charge in [-0.25, -0.2) is 4.98 Å². The Balaban J connectivity index is 2.51. The third kappa shape index (κ3) is 1.93. The molecule has 2 rings (SSSR count). The van der Waals surface area contributed by atoms with Gasteiger partial charge in [-0.2, -0.15) is 10.5 Å². The fraction of sp³-hybridized carbons (Fsp3) is 0.167. The summed E-state index contributed by atoms with van der Waals surface area (Å²) in [4.78, 5) is 7.84. The average molecular weight is 238 g/mol. The molecule has 18 heavy (non-hydrogen) atoms. The van der Waals surface area contributed by atoms with E-state index in [1.807, 2.05) is 24.3 Å². The lowest BCUT2D eigenvalue weighted by Crippen LogP contribution is -2.21. The number of pyridine rings is 1. The Morgan fingerprint density at radius 1 is 1.28 bits per heavy atom. The molecule has 2 aromatic rings. The smallest absolute Gasteiger partial charge is 0.176 e. The van der Waals surface area contributed by atoms with Gasteiger partial charge in [-0.1, -0.05) is 0 Å². The van der Waals surface area contributed by atoms with Crippen molar-refractivity contribution in [3.63, 3.8) is 0 Å². The lowest BCUT2D eigenvalue weighted by atomic mass is 10.1. The number of aromatic nitrogens is 3. The van der Waals surface area contributed by atoms with Crippen LogP contribution < -0.4 is 5.73 Å². The van der Waals surface area contributed by atoms with Crippen molar-refractivity contribution in [2.75, 3.05) is 6.54 Å². The molecule has 2 heterocycles. The van der Waals surface area contributed by atoms with Gasteiger partial charge in [0.2, 0.25) is 0 Å². The number of imidazole rings is 1. The van der Waals surface area contributed by atoms with Crippen LogP contribution in [0.2, 0.25) is 0 Å². The van der Waals surface area contributed by atoms with Gasteiger partial charge in [0.05, 0.1) is 12.4 Å². The summed E-state index contributed by atoms with van der Waals surface area (Å²) < 4.78 is 1.62. The van der Waals surface area contributed by atoms with Crippen molar-refractivity contribution in [1.82, 2.24) is 14.5 Å². The molecule has 0 saturated heterocycles. The molecule has 6 heteroatoms. The van der Waals surface area contributed by atoms with Crippen molar-refractivity contribution in [3.05, 3.63) is 47.8 Å².